The van der Waals surface area contributed by atoms with Gasteiger partial charge in [-0.1, -0.05) is 42.5 Å². The molecular formula is C20H20N2O3. The van der Waals surface area contributed by atoms with Gasteiger partial charge in [-0.3, -0.25) is 4.79 Å². The van der Waals surface area contributed by atoms with Crippen LogP contribution in [0.3, 0.4) is 0 Å². The topological polar surface area (TPSA) is 53.4 Å². The van der Waals surface area contributed by atoms with Crippen LogP contribution in [0.1, 0.15) is 28.7 Å². The summed E-state index contributed by atoms with van der Waals surface area (Å²) in [6.07, 6.45) is 0. The number of aromatic nitrogens is 2. The van der Waals surface area contributed by atoms with Crippen LogP contribution in [0.25, 0.3) is 11.4 Å². The maximum Gasteiger partial charge on any atom is 0.181 e. The summed E-state index contributed by atoms with van der Waals surface area (Å²) >= 11 is 0. The summed E-state index contributed by atoms with van der Waals surface area (Å²) in [5.74, 6) is 1.14. The summed E-state index contributed by atoms with van der Waals surface area (Å²) in [7, 11) is 1.52. The number of hydrogen-bond donors (Lipinski definition) is 0. The van der Waals surface area contributed by atoms with Crippen LogP contribution in [-0.2, 0) is 6.61 Å². The second-order valence-electron chi connectivity index (χ2n) is 5.67. The van der Waals surface area contributed by atoms with Crippen molar-refractivity contribution in [2.75, 3.05) is 7.11 Å². The predicted octanol–water partition coefficient (Wildman–Crippen LogP) is 3.70. The van der Waals surface area contributed by atoms with Crippen LogP contribution in [0, 0.1) is 6.92 Å². The predicted molar refractivity (Wildman–Crippen MR) is 95.7 cm³/mol. The summed E-state index contributed by atoms with van der Waals surface area (Å²) in [6, 6.07) is 17.5. The lowest BCUT2D eigenvalue weighted by atomic mass is 10.2. The molecule has 25 heavy (non-hydrogen) atoms. The molecule has 0 bridgehead atoms. The molecule has 5 heteroatoms. The third-order valence-electron chi connectivity index (χ3n) is 3.89. The number of ketones is 1. The molecular weight excluding hydrogens is 316 g/mol. The highest BCUT2D eigenvalue weighted by Crippen LogP contribution is 2.31. The summed E-state index contributed by atoms with van der Waals surface area (Å²) in [4.78, 5) is 21.8. The van der Waals surface area contributed by atoms with E-state index in [4.69, 9.17) is 9.57 Å². The maximum absolute atomic E-state index is 11.9. The van der Waals surface area contributed by atoms with Crippen molar-refractivity contribution in [3.8, 4) is 17.1 Å². The molecule has 1 heterocycles. The van der Waals surface area contributed by atoms with Gasteiger partial charge in [0.15, 0.2) is 11.6 Å². The third-order valence-corrected chi connectivity index (χ3v) is 3.89. The fraction of sp³-hybridized carbons (Fsp3) is 0.200. The molecule has 5 nitrogen and oxygen atoms in total. The lowest BCUT2D eigenvalue weighted by Gasteiger charge is -2.13. The Labute approximate surface area is 146 Å². The average molecular weight is 336 g/mol. The van der Waals surface area contributed by atoms with Crippen LogP contribution in [0.2, 0.25) is 0 Å². The van der Waals surface area contributed by atoms with Crippen molar-refractivity contribution < 1.29 is 14.4 Å². The van der Waals surface area contributed by atoms with Crippen molar-refractivity contribution >= 4 is 5.78 Å². The van der Waals surface area contributed by atoms with Crippen LogP contribution in [0.15, 0.2) is 54.6 Å². The van der Waals surface area contributed by atoms with Gasteiger partial charge in [-0.05, 0) is 24.6 Å². The molecule has 128 valence electrons. The van der Waals surface area contributed by atoms with Gasteiger partial charge < -0.3 is 9.57 Å². The Balaban J connectivity index is 1.99. The Morgan fingerprint density at radius 2 is 1.76 bits per heavy atom. The van der Waals surface area contributed by atoms with Gasteiger partial charge in [-0.2, -0.15) is 4.73 Å². The number of benzene rings is 2. The summed E-state index contributed by atoms with van der Waals surface area (Å²) in [5, 5.41) is 0. The smallest absolute Gasteiger partial charge is 0.181 e. The number of rotatable bonds is 6. The molecule has 3 aromatic rings. The molecule has 2 aromatic carbocycles. The molecule has 0 unspecified atom stereocenters. The molecule has 0 fully saturated rings. The number of para-hydroxylation sites is 1. The number of carbonyl (C=O) groups is 1. The molecule has 0 aliphatic rings. The second kappa shape index (κ2) is 7.21. The number of hydrogen-bond acceptors (Lipinski definition) is 4. The third kappa shape index (κ3) is 3.40. The molecule has 0 amide bonds. The van der Waals surface area contributed by atoms with Gasteiger partial charge in [0.25, 0.3) is 0 Å². The zero-order chi connectivity index (χ0) is 17.8. The first-order chi connectivity index (χ1) is 12.1. The van der Waals surface area contributed by atoms with Gasteiger partial charge in [0.05, 0.1) is 11.3 Å². The SMILES string of the molecule is COn1c(-c2ccccc2OCc2ccccc2)nc(C)c1C(C)=O. The molecule has 1 aromatic heterocycles. The fourth-order valence-electron chi connectivity index (χ4n) is 2.77. The van der Waals surface area contributed by atoms with E-state index in [2.05, 4.69) is 4.98 Å². The molecule has 0 spiro atoms. The number of nitrogens with zero attached hydrogens (tertiary/aromatic N) is 2. The van der Waals surface area contributed by atoms with Gasteiger partial charge in [0.1, 0.15) is 25.2 Å². The molecule has 0 N–H and O–H groups in total. The van der Waals surface area contributed by atoms with E-state index >= 15 is 0 Å². The largest absolute Gasteiger partial charge is 0.488 e. The minimum absolute atomic E-state index is 0.0965. The minimum atomic E-state index is -0.0965. The van der Waals surface area contributed by atoms with Crippen molar-refractivity contribution in [1.29, 1.82) is 0 Å². The highest BCUT2D eigenvalue weighted by atomic mass is 16.6. The lowest BCUT2D eigenvalue weighted by Crippen LogP contribution is -2.14. The first-order valence-corrected chi connectivity index (χ1v) is 8.02. The van der Waals surface area contributed by atoms with Crippen LogP contribution in [0.4, 0.5) is 0 Å². The quantitative estimate of drug-likeness (QED) is 0.644. The number of Topliss-reactive ketones (excluding diaryl/α,β-unsaturated/α-hetero) is 1. The van der Waals surface area contributed by atoms with Crippen LogP contribution >= 0.6 is 0 Å². The number of imidazole rings is 1. The van der Waals surface area contributed by atoms with E-state index in [1.807, 2.05) is 54.6 Å². The highest BCUT2D eigenvalue weighted by Gasteiger charge is 2.22. The molecule has 0 saturated heterocycles. The normalized spacial score (nSPS) is 10.5. The molecule has 3 rings (SSSR count). The van der Waals surface area contributed by atoms with E-state index in [9.17, 15) is 4.79 Å². The van der Waals surface area contributed by atoms with E-state index in [0.717, 1.165) is 11.1 Å². The summed E-state index contributed by atoms with van der Waals surface area (Å²) in [6.45, 7) is 3.74. The fourth-order valence-corrected chi connectivity index (χ4v) is 2.77. The second-order valence-corrected chi connectivity index (χ2v) is 5.67. The van der Waals surface area contributed by atoms with Gasteiger partial charge >= 0.3 is 0 Å². The zero-order valence-corrected chi connectivity index (χ0v) is 14.5. The Kier molecular flexibility index (Phi) is 4.84. The Bertz CT molecular complexity index is 885. The van der Waals surface area contributed by atoms with Gasteiger partial charge in [0.2, 0.25) is 0 Å². The number of ether oxygens (including phenoxy) is 1. The Hall–Kier alpha value is -3.08. The molecule has 0 aliphatic heterocycles. The van der Waals surface area contributed by atoms with Crippen molar-refractivity contribution in [2.24, 2.45) is 0 Å². The standard InChI is InChI=1S/C20H20N2O3/c1-14-19(15(2)23)22(24-3)20(21-14)17-11-7-8-12-18(17)25-13-16-9-5-4-6-10-16/h4-12H,13H2,1-3H3. The van der Waals surface area contributed by atoms with E-state index in [0.29, 0.717) is 29.6 Å². The Morgan fingerprint density at radius 1 is 1.08 bits per heavy atom. The zero-order valence-electron chi connectivity index (χ0n) is 14.5. The van der Waals surface area contributed by atoms with Crippen molar-refractivity contribution in [2.45, 2.75) is 20.5 Å². The number of carbonyl (C=O) groups excluding carboxylic acids is 1. The van der Waals surface area contributed by atoms with E-state index in [1.165, 1.54) is 18.8 Å². The van der Waals surface area contributed by atoms with Gasteiger partial charge in [-0.25, -0.2) is 4.98 Å². The van der Waals surface area contributed by atoms with Gasteiger partial charge in [-0.15, -0.1) is 0 Å². The monoisotopic (exact) mass is 336 g/mol. The maximum atomic E-state index is 11.9. The van der Waals surface area contributed by atoms with Crippen molar-refractivity contribution in [3.63, 3.8) is 0 Å². The number of aryl methyl sites for hydroxylation is 1. The van der Waals surface area contributed by atoms with E-state index in [-0.39, 0.29) is 5.78 Å². The van der Waals surface area contributed by atoms with Crippen LogP contribution < -0.4 is 9.57 Å². The molecule has 0 aliphatic carbocycles. The van der Waals surface area contributed by atoms with Crippen LogP contribution in [0.5, 0.6) is 5.75 Å². The summed E-state index contributed by atoms with van der Waals surface area (Å²) in [5.41, 5.74) is 2.92. The van der Waals surface area contributed by atoms with Gasteiger partial charge in [0, 0.05) is 6.92 Å². The van der Waals surface area contributed by atoms with Crippen molar-refractivity contribution in [3.05, 3.63) is 71.5 Å². The highest BCUT2D eigenvalue weighted by molar-refractivity contribution is 5.94. The first kappa shape index (κ1) is 16.8. The van der Waals surface area contributed by atoms with Crippen molar-refractivity contribution in [1.82, 2.24) is 9.71 Å². The lowest BCUT2D eigenvalue weighted by molar-refractivity contribution is 0.0957. The van der Waals surface area contributed by atoms with E-state index < -0.39 is 0 Å². The average Bonchev–Trinajstić information content (AvgIpc) is 2.97. The van der Waals surface area contributed by atoms with Crippen LogP contribution in [-0.4, -0.2) is 22.6 Å². The summed E-state index contributed by atoms with van der Waals surface area (Å²) < 4.78 is 7.45. The first-order valence-electron chi connectivity index (χ1n) is 8.02. The Morgan fingerprint density at radius 3 is 2.44 bits per heavy atom. The molecule has 0 atom stereocenters. The minimum Gasteiger partial charge on any atom is -0.488 e. The molecule has 0 radical (unpaired) electrons. The molecule has 0 saturated carbocycles. The van der Waals surface area contributed by atoms with E-state index in [1.54, 1.807) is 6.92 Å².